The van der Waals surface area contributed by atoms with Crippen molar-refractivity contribution in [1.82, 2.24) is 0 Å². The van der Waals surface area contributed by atoms with Crippen LogP contribution in [-0.4, -0.2) is 36.7 Å². The standard InChI is InChI=1S/C27H22N2O5/c1-15(30)24-23(25(31)21-8-5-13-34-21)27(18-6-3-4-7-19(18)28-26(27)32)22-12-9-16-14-17(33-2)10-11-20(16)29(22)24/h3-14,22-24H,1-2H3,(H,28,32)/t22-,23+,24+,27+/m0/s1. The van der Waals surface area contributed by atoms with Gasteiger partial charge in [0, 0.05) is 16.9 Å². The Morgan fingerprint density at radius 1 is 1.12 bits per heavy atom. The van der Waals surface area contributed by atoms with E-state index in [1.54, 1.807) is 19.2 Å². The third kappa shape index (κ3) is 2.49. The summed E-state index contributed by atoms with van der Waals surface area (Å²) in [6, 6.07) is 14.8. The van der Waals surface area contributed by atoms with E-state index in [0.29, 0.717) is 17.0 Å². The molecule has 0 bridgehead atoms. The van der Waals surface area contributed by atoms with Crippen LogP contribution in [0.4, 0.5) is 11.4 Å². The average Bonchev–Trinajstić information content (AvgIpc) is 3.55. The number of anilines is 2. The largest absolute Gasteiger partial charge is 0.497 e. The predicted octanol–water partition coefficient (Wildman–Crippen LogP) is 3.85. The summed E-state index contributed by atoms with van der Waals surface area (Å²) in [5.41, 5.74) is 1.70. The zero-order chi connectivity index (χ0) is 23.6. The Bertz CT molecular complexity index is 1380. The molecule has 34 heavy (non-hydrogen) atoms. The molecule has 4 atom stereocenters. The molecule has 0 aliphatic carbocycles. The predicted molar refractivity (Wildman–Crippen MR) is 126 cm³/mol. The molecule has 3 aliphatic rings. The molecule has 1 spiro atoms. The highest BCUT2D eigenvalue weighted by molar-refractivity contribution is 6.16. The maximum absolute atomic E-state index is 14.0. The van der Waals surface area contributed by atoms with Crippen LogP contribution in [0, 0.1) is 5.92 Å². The number of nitrogens with zero attached hydrogens (tertiary/aromatic N) is 1. The summed E-state index contributed by atoms with van der Waals surface area (Å²) in [5, 5.41) is 2.98. The number of carbonyl (C=O) groups excluding carboxylic acids is 3. The van der Waals surface area contributed by atoms with E-state index in [4.69, 9.17) is 9.15 Å². The number of Topliss-reactive ketones (excluding diaryl/α,β-unsaturated/α-hetero) is 2. The number of carbonyl (C=O) groups is 3. The number of hydrogen-bond acceptors (Lipinski definition) is 6. The summed E-state index contributed by atoms with van der Waals surface area (Å²) in [7, 11) is 1.60. The van der Waals surface area contributed by atoms with Gasteiger partial charge in [0.05, 0.1) is 31.4 Å². The topological polar surface area (TPSA) is 88.8 Å². The van der Waals surface area contributed by atoms with E-state index in [-0.39, 0.29) is 23.2 Å². The number of hydrogen-bond donors (Lipinski definition) is 1. The van der Waals surface area contributed by atoms with Crippen LogP contribution in [0.1, 0.15) is 28.6 Å². The monoisotopic (exact) mass is 454 g/mol. The molecule has 7 nitrogen and oxygen atoms in total. The van der Waals surface area contributed by atoms with Gasteiger partial charge in [-0.1, -0.05) is 30.4 Å². The average molecular weight is 454 g/mol. The number of benzene rings is 2. The summed E-state index contributed by atoms with van der Waals surface area (Å²) in [6.45, 7) is 1.48. The minimum atomic E-state index is -1.30. The molecule has 3 aromatic rings. The normalized spacial score (nSPS) is 26.1. The second-order valence-corrected chi connectivity index (χ2v) is 8.88. The van der Waals surface area contributed by atoms with Crippen LogP contribution in [0.3, 0.4) is 0 Å². The second kappa shape index (κ2) is 7.18. The Kier molecular flexibility index (Phi) is 4.33. The van der Waals surface area contributed by atoms with Gasteiger partial charge in [0.25, 0.3) is 0 Å². The summed E-state index contributed by atoms with van der Waals surface area (Å²) >= 11 is 0. The van der Waals surface area contributed by atoms with Gasteiger partial charge in [-0.25, -0.2) is 0 Å². The highest BCUT2D eigenvalue weighted by atomic mass is 16.5. The zero-order valence-corrected chi connectivity index (χ0v) is 18.6. The van der Waals surface area contributed by atoms with E-state index >= 15 is 0 Å². The molecule has 0 saturated carbocycles. The van der Waals surface area contributed by atoms with Gasteiger partial charge >= 0.3 is 0 Å². The molecule has 1 N–H and O–H groups in total. The summed E-state index contributed by atoms with van der Waals surface area (Å²) in [6.07, 6.45) is 5.29. The van der Waals surface area contributed by atoms with Gasteiger partial charge in [-0.3, -0.25) is 14.4 Å². The van der Waals surface area contributed by atoms with Gasteiger partial charge < -0.3 is 19.4 Å². The minimum absolute atomic E-state index is 0.131. The van der Waals surface area contributed by atoms with Crippen molar-refractivity contribution in [3.63, 3.8) is 0 Å². The summed E-state index contributed by atoms with van der Waals surface area (Å²) < 4.78 is 10.9. The van der Waals surface area contributed by atoms with Crippen LogP contribution < -0.4 is 15.0 Å². The van der Waals surface area contributed by atoms with Gasteiger partial charge in [-0.05, 0) is 48.9 Å². The van der Waals surface area contributed by atoms with E-state index < -0.39 is 23.4 Å². The van der Waals surface area contributed by atoms with Crippen molar-refractivity contribution in [1.29, 1.82) is 0 Å². The Labute approximate surface area is 196 Å². The fraction of sp³-hybridized carbons (Fsp3) is 0.222. The van der Waals surface area contributed by atoms with E-state index in [2.05, 4.69) is 5.32 Å². The molecule has 1 saturated heterocycles. The van der Waals surface area contributed by atoms with Crippen LogP contribution >= 0.6 is 0 Å². The van der Waals surface area contributed by atoms with Crippen LogP contribution in [0.25, 0.3) is 6.08 Å². The number of amides is 1. The Balaban J connectivity index is 1.65. The molecule has 170 valence electrons. The Hall–Kier alpha value is -4.13. The number of furan rings is 1. The van der Waals surface area contributed by atoms with Crippen molar-refractivity contribution in [2.24, 2.45) is 5.92 Å². The van der Waals surface area contributed by atoms with Crippen molar-refractivity contribution >= 4 is 34.9 Å². The van der Waals surface area contributed by atoms with Crippen LogP contribution in [-0.2, 0) is 15.0 Å². The second-order valence-electron chi connectivity index (χ2n) is 8.88. The number of rotatable bonds is 4. The van der Waals surface area contributed by atoms with E-state index in [9.17, 15) is 14.4 Å². The lowest BCUT2D eigenvalue weighted by Gasteiger charge is -2.37. The number of nitrogens with one attached hydrogen (secondary N) is 1. The highest BCUT2D eigenvalue weighted by Gasteiger charge is 2.70. The maximum atomic E-state index is 14.0. The first-order chi connectivity index (χ1) is 16.5. The summed E-state index contributed by atoms with van der Waals surface area (Å²) in [4.78, 5) is 43.1. The molecular formula is C27H22N2O5. The summed E-state index contributed by atoms with van der Waals surface area (Å²) in [5.74, 6) is -1.02. The smallest absolute Gasteiger partial charge is 0.238 e. The Morgan fingerprint density at radius 2 is 1.94 bits per heavy atom. The SMILES string of the molecule is COc1ccc2c(c1)C=C[C@@H]1N2[C@H](C(C)=O)[C@H](C(=O)c2ccco2)[C@]12C(=O)Nc1ccccc12. The van der Waals surface area contributed by atoms with E-state index in [1.165, 1.54) is 13.2 Å². The molecule has 1 amide bonds. The number of ketones is 2. The lowest BCUT2D eigenvalue weighted by atomic mass is 9.65. The van der Waals surface area contributed by atoms with E-state index in [1.807, 2.05) is 59.5 Å². The quantitative estimate of drug-likeness (QED) is 0.603. The first-order valence-electron chi connectivity index (χ1n) is 11.1. The lowest BCUT2D eigenvalue weighted by Crippen LogP contribution is -2.51. The van der Waals surface area contributed by atoms with Crippen molar-refractivity contribution in [3.05, 3.63) is 83.8 Å². The van der Waals surface area contributed by atoms with Crippen molar-refractivity contribution in [2.75, 3.05) is 17.3 Å². The fourth-order valence-electron chi connectivity index (χ4n) is 6.01. The van der Waals surface area contributed by atoms with Crippen molar-refractivity contribution < 1.29 is 23.5 Å². The number of methoxy groups -OCH3 is 1. The molecule has 0 unspecified atom stereocenters. The third-order valence-corrected chi connectivity index (χ3v) is 7.30. The highest BCUT2D eigenvalue weighted by Crippen LogP contribution is 2.57. The molecule has 2 aromatic carbocycles. The molecule has 4 heterocycles. The molecule has 0 radical (unpaired) electrons. The molecule has 7 heteroatoms. The number of ether oxygens (including phenoxy) is 1. The third-order valence-electron chi connectivity index (χ3n) is 7.30. The lowest BCUT2D eigenvalue weighted by molar-refractivity contribution is -0.122. The van der Waals surface area contributed by atoms with Gasteiger partial charge in [0.1, 0.15) is 11.2 Å². The van der Waals surface area contributed by atoms with Crippen molar-refractivity contribution in [3.8, 4) is 5.75 Å². The van der Waals surface area contributed by atoms with Crippen LogP contribution in [0.2, 0.25) is 0 Å². The van der Waals surface area contributed by atoms with Crippen molar-refractivity contribution in [2.45, 2.75) is 24.4 Å². The number of para-hydroxylation sites is 1. The van der Waals surface area contributed by atoms with Crippen LogP contribution in [0.5, 0.6) is 5.75 Å². The first-order valence-corrected chi connectivity index (χ1v) is 11.1. The first kappa shape index (κ1) is 20.5. The maximum Gasteiger partial charge on any atom is 0.238 e. The van der Waals surface area contributed by atoms with Gasteiger partial charge in [0.2, 0.25) is 11.7 Å². The van der Waals surface area contributed by atoms with Gasteiger partial charge in [0.15, 0.2) is 11.5 Å². The fourth-order valence-corrected chi connectivity index (χ4v) is 6.01. The molecule has 1 fully saturated rings. The van der Waals surface area contributed by atoms with Gasteiger partial charge in [-0.15, -0.1) is 0 Å². The zero-order valence-electron chi connectivity index (χ0n) is 18.6. The van der Waals surface area contributed by atoms with Gasteiger partial charge in [-0.2, -0.15) is 0 Å². The molecule has 3 aliphatic heterocycles. The minimum Gasteiger partial charge on any atom is -0.497 e. The molecule has 6 rings (SSSR count). The molecular weight excluding hydrogens is 432 g/mol. The Morgan fingerprint density at radius 3 is 2.68 bits per heavy atom. The molecule has 1 aromatic heterocycles. The number of fused-ring (bicyclic) bond motifs is 6. The van der Waals surface area contributed by atoms with Crippen LogP contribution in [0.15, 0.2) is 71.4 Å². The van der Waals surface area contributed by atoms with E-state index in [0.717, 1.165) is 11.3 Å².